The highest BCUT2D eigenvalue weighted by Gasteiger charge is 2.50. The standard InChI is InChI=1S/C41H47F2N5O3/c1-4-30-34(42)10-5-23-13-28(49)16-32(35(23)30)36-31(22(2)3)17-33-38(37(36)43)45-40(46-39(33)47-18-24-6-7-25(19-47)44-24)51-21-41(11-12-41)20-48-26-8-9-27(48)15-29(50)14-26/h5,10,13,16-17,22,24-27,44,49H,4,6-9,11-12,14-15,18-21H2,1-3H3. The number of carbonyl (C=O) groups is 1. The van der Waals surface area contributed by atoms with Crippen molar-refractivity contribution in [1.82, 2.24) is 20.2 Å². The maximum atomic E-state index is 17.6. The normalized spacial score (nSPS) is 25.5. The van der Waals surface area contributed by atoms with Gasteiger partial charge in [0.2, 0.25) is 0 Å². The number of fused-ring (bicyclic) bond motifs is 6. The molecule has 1 aromatic heterocycles. The van der Waals surface area contributed by atoms with E-state index in [1.807, 2.05) is 26.8 Å². The Balaban J connectivity index is 1.16. The first-order chi connectivity index (χ1) is 24.6. The van der Waals surface area contributed by atoms with Crippen LogP contribution >= 0.6 is 0 Å². The first-order valence-electron chi connectivity index (χ1n) is 19.0. The van der Waals surface area contributed by atoms with Crippen LogP contribution in [0.15, 0.2) is 30.3 Å². The van der Waals surface area contributed by atoms with Crippen molar-refractivity contribution in [1.29, 1.82) is 0 Å². The zero-order valence-electron chi connectivity index (χ0n) is 29.8. The minimum Gasteiger partial charge on any atom is -0.508 e. The molecule has 0 radical (unpaired) electrons. The van der Waals surface area contributed by atoms with Crippen LogP contribution in [0.3, 0.4) is 0 Å². The molecule has 1 saturated carbocycles. The monoisotopic (exact) mass is 695 g/mol. The third kappa shape index (κ3) is 5.73. The van der Waals surface area contributed by atoms with Crippen LogP contribution in [0.5, 0.6) is 11.8 Å². The van der Waals surface area contributed by atoms with E-state index in [-0.39, 0.29) is 34.4 Å². The van der Waals surface area contributed by atoms with Gasteiger partial charge in [-0.25, -0.2) is 8.78 Å². The predicted octanol–water partition coefficient (Wildman–Crippen LogP) is 7.42. The molecule has 4 aliphatic heterocycles. The summed E-state index contributed by atoms with van der Waals surface area (Å²) in [6, 6.07) is 9.75. The number of halogens is 2. The molecule has 9 rings (SSSR count). The molecule has 2 N–H and O–H groups in total. The molecule has 4 aromatic rings. The number of carbonyl (C=O) groups excluding carboxylic acids is 1. The minimum absolute atomic E-state index is 0.00899. The lowest BCUT2D eigenvalue weighted by atomic mass is 9.86. The molecule has 0 amide bonds. The fraction of sp³-hybridized carbons (Fsp3) is 0.537. The topological polar surface area (TPSA) is 90.8 Å². The van der Waals surface area contributed by atoms with Gasteiger partial charge in [-0.1, -0.05) is 26.8 Å². The number of Topliss-reactive ketones (excluding diaryl/α,β-unsaturated/α-hetero) is 1. The maximum absolute atomic E-state index is 17.6. The Hall–Kier alpha value is -3.89. The molecule has 51 heavy (non-hydrogen) atoms. The van der Waals surface area contributed by atoms with Crippen molar-refractivity contribution in [2.24, 2.45) is 5.41 Å². The summed E-state index contributed by atoms with van der Waals surface area (Å²) in [6.45, 7) is 8.80. The van der Waals surface area contributed by atoms with E-state index in [0.717, 1.165) is 63.7 Å². The number of hydrogen-bond acceptors (Lipinski definition) is 8. The van der Waals surface area contributed by atoms with Crippen molar-refractivity contribution < 1.29 is 23.4 Å². The van der Waals surface area contributed by atoms with E-state index in [9.17, 15) is 9.90 Å². The number of benzene rings is 3. The smallest absolute Gasteiger partial charge is 0.319 e. The summed E-state index contributed by atoms with van der Waals surface area (Å²) in [5, 5.41) is 16.5. The summed E-state index contributed by atoms with van der Waals surface area (Å²) < 4.78 is 39.4. The van der Waals surface area contributed by atoms with E-state index in [1.165, 1.54) is 6.07 Å². The number of hydrogen-bond donors (Lipinski definition) is 2. The number of aromatic nitrogens is 2. The number of piperidine rings is 1. The molecule has 268 valence electrons. The van der Waals surface area contributed by atoms with Gasteiger partial charge in [0, 0.05) is 73.0 Å². The molecule has 1 aliphatic carbocycles. The summed E-state index contributed by atoms with van der Waals surface area (Å²) in [5.74, 6) is 0.0976. The van der Waals surface area contributed by atoms with Crippen molar-refractivity contribution >= 4 is 33.3 Å². The SMILES string of the molecule is CCc1c(F)ccc2cc(O)cc(-c3c(C(C)C)cc4c(N5CC6CCC(C5)N6)nc(OCC5(CN6C7CCC6CC(=O)C7)CC5)nc4c3F)c12. The largest absolute Gasteiger partial charge is 0.508 e. The quantitative estimate of drug-likeness (QED) is 0.187. The molecule has 4 bridgehead atoms. The average Bonchev–Trinajstić information content (AvgIpc) is 3.74. The molecule has 8 nitrogen and oxygen atoms in total. The molecule has 10 heteroatoms. The molecule has 4 saturated heterocycles. The molecule has 3 aromatic carbocycles. The summed E-state index contributed by atoms with van der Waals surface area (Å²) in [4.78, 5) is 26.9. The molecule has 0 spiro atoms. The van der Waals surface area contributed by atoms with E-state index in [4.69, 9.17) is 14.7 Å². The van der Waals surface area contributed by atoms with Gasteiger partial charge in [-0.15, -0.1) is 0 Å². The molecule has 5 aliphatic rings. The van der Waals surface area contributed by atoms with E-state index >= 15 is 8.78 Å². The number of ether oxygens (including phenoxy) is 1. The van der Waals surface area contributed by atoms with Gasteiger partial charge in [0.25, 0.3) is 0 Å². The first-order valence-corrected chi connectivity index (χ1v) is 19.0. The first kappa shape index (κ1) is 33.0. The van der Waals surface area contributed by atoms with Crippen LogP contribution in [0.1, 0.15) is 89.2 Å². The second-order valence-electron chi connectivity index (χ2n) is 16.3. The van der Waals surface area contributed by atoms with Gasteiger partial charge in [0.15, 0.2) is 5.82 Å². The fourth-order valence-electron chi connectivity index (χ4n) is 9.71. The number of rotatable bonds is 9. The number of piperazine rings is 1. The fourth-order valence-corrected chi connectivity index (χ4v) is 9.71. The number of anilines is 1. The Morgan fingerprint density at radius 1 is 1.02 bits per heavy atom. The Labute approximate surface area is 297 Å². The van der Waals surface area contributed by atoms with Crippen LogP contribution in [-0.4, -0.2) is 76.2 Å². The van der Waals surface area contributed by atoms with E-state index in [0.29, 0.717) is 94.5 Å². The third-order valence-corrected chi connectivity index (χ3v) is 12.5. The van der Waals surface area contributed by atoms with Crippen molar-refractivity contribution in [3.8, 4) is 22.9 Å². The van der Waals surface area contributed by atoms with Crippen molar-refractivity contribution in [2.45, 2.75) is 109 Å². The van der Waals surface area contributed by atoms with Gasteiger partial charge in [0.05, 0.1) is 6.61 Å². The average molecular weight is 696 g/mol. The van der Waals surface area contributed by atoms with Crippen LogP contribution in [0, 0.1) is 17.0 Å². The molecular weight excluding hydrogens is 648 g/mol. The van der Waals surface area contributed by atoms with E-state index in [1.54, 1.807) is 18.2 Å². The van der Waals surface area contributed by atoms with E-state index in [2.05, 4.69) is 15.1 Å². The number of phenolic OH excluding ortho intramolecular Hbond substituents is 1. The van der Waals surface area contributed by atoms with Gasteiger partial charge in [-0.3, -0.25) is 9.69 Å². The van der Waals surface area contributed by atoms with Gasteiger partial charge in [-0.05, 0) is 103 Å². The highest BCUT2D eigenvalue weighted by molar-refractivity contribution is 6.04. The Morgan fingerprint density at radius 2 is 1.75 bits per heavy atom. The maximum Gasteiger partial charge on any atom is 0.319 e. The molecular formula is C41H47F2N5O3. The molecule has 4 atom stereocenters. The summed E-state index contributed by atoms with van der Waals surface area (Å²) >= 11 is 0. The molecule has 4 unspecified atom stereocenters. The minimum atomic E-state index is -0.517. The van der Waals surface area contributed by atoms with Gasteiger partial charge in [0.1, 0.15) is 28.7 Å². The molecule has 5 fully saturated rings. The second kappa shape index (κ2) is 12.4. The summed E-state index contributed by atoms with van der Waals surface area (Å²) in [6.07, 6.45) is 8.14. The number of aryl methyl sites for hydroxylation is 1. The lowest BCUT2D eigenvalue weighted by molar-refractivity contribution is -0.124. The van der Waals surface area contributed by atoms with Crippen LogP contribution in [0.4, 0.5) is 14.6 Å². The van der Waals surface area contributed by atoms with Gasteiger partial charge < -0.3 is 20.1 Å². The lowest BCUT2D eigenvalue weighted by Crippen LogP contribution is -2.51. The van der Waals surface area contributed by atoms with Crippen molar-refractivity contribution in [3.05, 3.63) is 53.1 Å². The predicted molar refractivity (Wildman–Crippen MR) is 195 cm³/mol. The van der Waals surface area contributed by atoms with Crippen LogP contribution < -0.4 is 15.0 Å². The number of nitrogens with zero attached hydrogens (tertiary/aromatic N) is 4. The number of nitrogens with one attached hydrogen (secondary N) is 1. The van der Waals surface area contributed by atoms with E-state index < -0.39 is 5.82 Å². The Morgan fingerprint density at radius 3 is 2.41 bits per heavy atom. The Bertz CT molecular complexity index is 2040. The van der Waals surface area contributed by atoms with Crippen molar-refractivity contribution in [3.63, 3.8) is 0 Å². The number of ketones is 1. The molecule has 5 heterocycles. The zero-order chi connectivity index (χ0) is 35.2. The van der Waals surface area contributed by atoms with Crippen LogP contribution in [0.25, 0.3) is 32.8 Å². The summed E-state index contributed by atoms with van der Waals surface area (Å²) in [5.41, 5.74) is 2.16. The van der Waals surface area contributed by atoms with Crippen LogP contribution in [0.2, 0.25) is 0 Å². The second-order valence-corrected chi connectivity index (χ2v) is 16.3. The van der Waals surface area contributed by atoms with Crippen LogP contribution in [-0.2, 0) is 11.2 Å². The third-order valence-electron chi connectivity index (χ3n) is 12.5. The zero-order valence-corrected chi connectivity index (χ0v) is 29.8. The lowest BCUT2D eigenvalue weighted by Gasteiger charge is -2.36. The van der Waals surface area contributed by atoms with Crippen molar-refractivity contribution in [2.75, 3.05) is 31.1 Å². The Kier molecular flexibility index (Phi) is 8.00. The highest BCUT2D eigenvalue weighted by Crippen LogP contribution is 2.50. The highest BCUT2D eigenvalue weighted by atomic mass is 19.1. The van der Waals surface area contributed by atoms with Gasteiger partial charge in [-0.2, -0.15) is 9.97 Å². The number of aromatic hydroxyl groups is 1. The number of phenols is 1. The van der Waals surface area contributed by atoms with Gasteiger partial charge >= 0.3 is 6.01 Å². The summed E-state index contributed by atoms with van der Waals surface area (Å²) in [7, 11) is 0.